The normalized spacial score (nSPS) is 14.7. The molecule has 9 heteroatoms. The van der Waals surface area contributed by atoms with E-state index in [1.165, 1.54) is 30.3 Å². The first-order valence-corrected chi connectivity index (χ1v) is 9.69. The van der Waals surface area contributed by atoms with Gasteiger partial charge in [0, 0.05) is 18.7 Å². The van der Waals surface area contributed by atoms with Gasteiger partial charge in [-0.1, -0.05) is 24.3 Å². The number of nitriles is 1. The van der Waals surface area contributed by atoms with Gasteiger partial charge in [-0.2, -0.15) is 5.26 Å². The van der Waals surface area contributed by atoms with Crippen molar-refractivity contribution in [3.63, 3.8) is 0 Å². The number of hydrogen-bond acceptors (Lipinski definition) is 6. The second-order valence-corrected chi connectivity index (χ2v) is 7.13. The van der Waals surface area contributed by atoms with Crippen molar-refractivity contribution in [1.82, 2.24) is 10.2 Å². The van der Waals surface area contributed by atoms with E-state index in [0.717, 1.165) is 16.7 Å². The molecule has 0 atom stereocenters. The predicted molar refractivity (Wildman–Crippen MR) is 109 cm³/mol. The zero-order valence-electron chi connectivity index (χ0n) is 15.6. The van der Waals surface area contributed by atoms with Crippen molar-refractivity contribution in [2.75, 3.05) is 19.7 Å². The van der Waals surface area contributed by atoms with Crippen LogP contribution in [-0.2, 0) is 9.59 Å². The summed E-state index contributed by atoms with van der Waals surface area (Å²) >= 11 is 0.723. The molecule has 3 amide bonds. The molecule has 0 bridgehead atoms. The average molecular weight is 425 g/mol. The summed E-state index contributed by atoms with van der Waals surface area (Å²) in [5.41, 5.74) is 0.629. The van der Waals surface area contributed by atoms with Gasteiger partial charge in [0.1, 0.15) is 11.6 Å². The van der Waals surface area contributed by atoms with Crippen LogP contribution in [0.5, 0.6) is 5.75 Å². The number of benzene rings is 2. The molecule has 1 N–H and O–H groups in total. The molecule has 0 spiro atoms. The number of rotatable bonds is 7. The van der Waals surface area contributed by atoms with Crippen molar-refractivity contribution in [1.29, 1.82) is 5.26 Å². The van der Waals surface area contributed by atoms with E-state index >= 15 is 0 Å². The number of imide groups is 1. The molecule has 0 saturated carbocycles. The van der Waals surface area contributed by atoms with E-state index in [1.54, 1.807) is 24.3 Å². The van der Waals surface area contributed by atoms with Crippen LogP contribution >= 0.6 is 11.8 Å². The van der Waals surface area contributed by atoms with Crippen molar-refractivity contribution in [3.05, 3.63) is 70.4 Å². The van der Waals surface area contributed by atoms with E-state index in [-0.39, 0.29) is 30.2 Å². The van der Waals surface area contributed by atoms with Gasteiger partial charge in [0.05, 0.1) is 16.5 Å². The molecule has 1 fully saturated rings. The Morgan fingerprint density at radius 1 is 1.23 bits per heavy atom. The maximum absolute atomic E-state index is 13.8. The van der Waals surface area contributed by atoms with Crippen molar-refractivity contribution >= 4 is 34.9 Å². The Hall–Kier alpha value is -3.64. The molecule has 7 nitrogen and oxygen atoms in total. The SMILES string of the molecule is N#Cc1cccc(OCC(=O)NCCN2C(=O)S/C(=C\c3ccccc3F)C2=O)c1. The quantitative estimate of drug-likeness (QED) is 0.685. The summed E-state index contributed by atoms with van der Waals surface area (Å²) in [6, 6.07) is 14.3. The van der Waals surface area contributed by atoms with Crippen LogP contribution in [0.1, 0.15) is 11.1 Å². The average Bonchev–Trinajstić information content (AvgIpc) is 3.01. The second kappa shape index (κ2) is 9.71. The maximum atomic E-state index is 13.8. The lowest BCUT2D eigenvalue weighted by atomic mass is 10.2. The van der Waals surface area contributed by atoms with Gasteiger partial charge in [-0.25, -0.2) is 4.39 Å². The molecule has 3 rings (SSSR count). The molecular weight excluding hydrogens is 409 g/mol. The van der Waals surface area contributed by atoms with E-state index in [9.17, 15) is 18.8 Å². The number of hydrogen-bond donors (Lipinski definition) is 1. The third-order valence-corrected chi connectivity index (χ3v) is 4.96. The van der Waals surface area contributed by atoms with E-state index < -0.39 is 22.9 Å². The maximum Gasteiger partial charge on any atom is 0.293 e. The number of carbonyl (C=O) groups excluding carboxylic acids is 3. The monoisotopic (exact) mass is 425 g/mol. The first kappa shape index (κ1) is 21.1. The van der Waals surface area contributed by atoms with Gasteiger partial charge < -0.3 is 10.1 Å². The van der Waals surface area contributed by atoms with Crippen LogP contribution in [0.3, 0.4) is 0 Å². The lowest BCUT2D eigenvalue weighted by Crippen LogP contribution is -2.38. The predicted octanol–water partition coefficient (Wildman–Crippen LogP) is 2.93. The van der Waals surface area contributed by atoms with Crippen molar-refractivity contribution in [2.45, 2.75) is 0 Å². The minimum absolute atomic E-state index is 0.0189. The number of carbonyl (C=O) groups is 3. The van der Waals surface area contributed by atoms with Gasteiger partial charge in [-0.05, 0) is 42.1 Å². The van der Waals surface area contributed by atoms with E-state index in [1.807, 2.05) is 6.07 Å². The Kier molecular flexibility index (Phi) is 6.83. The molecule has 1 saturated heterocycles. The Balaban J connectivity index is 1.49. The number of nitrogens with zero attached hydrogens (tertiary/aromatic N) is 2. The summed E-state index contributed by atoms with van der Waals surface area (Å²) in [4.78, 5) is 37.5. The Morgan fingerprint density at radius 3 is 2.80 bits per heavy atom. The van der Waals surface area contributed by atoms with Gasteiger partial charge in [-0.3, -0.25) is 19.3 Å². The number of nitrogens with one attached hydrogen (secondary N) is 1. The van der Waals surface area contributed by atoms with Gasteiger partial charge >= 0.3 is 0 Å². The Labute approximate surface area is 176 Å². The summed E-state index contributed by atoms with van der Waals surface area (Å²) < 4.78 is 19.1. The van der Waals surface area contributed by atoms with Crippen LogP contribution in [0.15, 0.2) is 53.4 Å². The van der Waals surface area contributed by atoms with Crippen LogP contribution in [0, 0.1) is 17.1 Å². The number of ether oxygens (including phenoxy) is 1. The minimum atomic E-state index is -0.535. The van der Waals surface area contributed by atoms with Crippen LogP contribution in [-0.4, -0.2) is 41.6 Å². The van der Waals surface area contributed by atoms with Crippen LogP contribution in [0.25, 0.3) is 6.08 Å². The van der Waals surface area contributed by atoms with E-state index in [2.05, 4.69) is 5.32 Å². The first-order valence-electron chi connectivity index (χ1n) is 8.87. The highest BCUT2D eigenvalue weighted by Crippen LogP contribution is 2.32. The van der Waals surface area contributed by atoms with Crippen molar-refractivity contribution < 1.29 is 23.5 Å². The largest absolute Gasteiger partial charge is 0.484 e. The highest BCUT2D eigenvalue weighted by molar-refractivity contribution is 8.18. The second-order valence-electron chi connectivity index (χ2n) is 6.13. The molecule has 0 radical (unpaired) electrons. The molecule has 2 aromatic rings. The summed E-state index contributed by atoms with van der Waals surface area (Å²) in [5.74, 6) is -1.08. The molecule has 1 heterocycles. The van der Waals surface area contributed by atoms with Gasteiger partial charge in [0.25, 0.3) is 17.1 Å². The smallest absolute Gasteiger partial charge is 0.293 e. The molecule has 1 aliphatic heterocycles. The highest BCUT2D eigenvalue weighted by Gasteiger charge is 2.34. The Bertz CT molecular complexity index is 1060. The fourth-order valence-electron chi connectivity index (χ4n) is 2.59. The molecule has 0 aliphatic carbocycles. The molecule has 152 valence electrons. The molecule has 1 aliphatic rings. The zero-order chi connectivity index (χ0) is 21.5. The third kappa shape index (κ3) is 5.24. The number of amides is 3. The van der Waals surface area contributed by atoms with Crippen LogP contribution in [0.4, 0.5) is 9.18 Å². The fourth-order valence-corrected chi connectivity index (χ4v) is 3.44. The molecule has 30 heavy (non-hydrogen) atoms. The lowest BCUT2D eigenvalue weighted by molar-refractivity contribution is -0.125. The molecule has 0 unspecified atom stereocenters. The summed E-state index contributed by atoms with van der Waals surface area (Å²) in [5, 5.41) is 10.9. The lowest BCUT2D eigenvalue weighted by Gasteiger charge is -2.13. The summed E-state index contributed by atoms with van der Waals surface area (Å²) in [7, 11) is 0. The third-order valence-electron chi connectivity index (χ3n) is 4.06. The molecular formula is C21H16FN3O4S. The zero-order valence-corrected chi connectivity index (χ0v) is 16.4. The van der Waals surface area contributed by atoms with Gasteiger partial charge in [0.2, 0.25) is 0 Å². The molecule has 0 aromatic heterocycles. The highest BCUT2D eigenvalue weighted by atomic mass is 32.2. The standard InChI is InChI=1S/C21H16FN3O4S/c22-17-7-2-1-5-15(17)11-18-20(27)25(21(28)30-18)9-8-24-19(26)13-29-16-6-3-4-14(10-16)12-23/h1-7,10-11H,8-9,13H2,(H,24,26)/b18-11-. The minimum Gasteiger partial charge on any atom is -0.484 e. The summed E-state index contributed by atoms with van der Waals surface area (Å²) in [6.45, 7) is -0.246. The fraction of sp³-hybridized carbons (Fsp3) is 0.143. The van der Waals surface area contributed by atoms with E-state index in [0.29, 0.717) is 11.3 Å². The topological polar surface area (TPSA) is 99.5 Å². The summed E-state index contributed by atoms with van der Waals surface area (Å²) in [6.07, 6.45) is 1.34. The first-order chi connectivity index (χ1) is 14.5. The Morgan fingerprint density at radius 2 is 2.03 bits per heavy atom. The van der Waals surface area contributed by atoms with Crippen molar-refractivity contribution in [2.24, 2.45) is 0 Å². The van der Waals surface area contributed by atoms with Gasteiger partial charge in [-0.15, -0.1) is 0 Å². The molecule has 2 aromatic carbocycles. The van der Waals surface area contributed by atoms with Crippen LogP contribution in [0.2, 0.25) is 0 Å². The van der Waals surface area contributed by atoms with Crippen LogP contribution < -0.4 is 10.1 Å². The van der Waals surface area contributed by atoms with Crippen molar-refractivity contribution in [3.8, 4) is 11.8 Å². The van der Waals surface area contributed by atoms with Gasteiger partial charge in [0.15, 0.2) is 6.61 Å². The number of halogens is 1. The number of thioether (sulfide) groups is 1. The van der Waals surface area contributed by atoms with E-state index in [4.69, 9.17) is 10.00 Å².